The molecule has 2 radical (unpaired) electrons. The van der Waals surface area contributed by atoms with Crippen molar-refractivity contribution in [3.8, 4) is 0 Å². The van der Waals surface area contributed by atoms with Crippen LogP contribution >= 0.6 is 0 Å². The number of carbonyl (C=O) groups excluding carboxylic acids is 6. The molecule has 4 fully saturated rings. The van der Waals surface area contributed by atoms with E-state index in [1.54, 1.807) is 28.0 Å². The Bertz CT molecular complexity index is 3060. The molecule has 5 aliphatic rings. The third-order valence-corrected chi connectivity index (χ3v) is 14.9. The van der Waals surface area contributed by atoms with Gasteiger partial charge in [0.15, 0.2) is 17.9 Å². The predicted octanol–water partition coefficient (Wildman–Crippen LogP) is 12.4. The molecule has 6 aromatic rings. The maximum atomic E-state index is 12.9. The number of methoxy groups -OCH3 is 2. The monoisotopic (exact) mass is 1490 g/mol. The van der Waals surface area contributed by atoms with E-state index in [4.69, 9.17) is 29.4 Å². The molecule has 3 amide bonds. The molecule has 6 aromatic carbocycles. The fourth-order valence-electron chi connectivity index (χ4n) is 10.4. The molecule has 0 unspecified atom stereocenters. The van der Waals surface area contributed by atoms with Crippen molar-refractivity contribution >= 4 is 105 Å². The summed E-state index contributed by atoms with van der Waals surface area (Å²) in [6.07, 6.45) is 7.44. The number of nitrogens with zero attached hydrogens (tertiary/aromatic N) is 3. The molecule has 0 saturated carbocycles. The van der Waals surface area contributed by atoms with Gasteiger partial charge in [0.25, 0.3) is 0 Å². The van der Waals surface area contributed by atoms with Crippen LogP contribution in [0.15, 0.2) is 152 Å². The number of aldehydes is 1. The van der Waals surface area contributed by atoms with Crippen LogP contribution in [-0.4, -0.2) is 192 Å². The van der Waals surface area contributed by atoms with Crippen molar-refractivity contribution in [2.75, 3.05) is 66.8 Å². The minimum atomic E-state index is -0.508. The number of rotatable bonds is 13. The van der Waals surface area contributed by atoms with Gasteiger partial charge in [0.1, 0.15) is 5.91 Å². The molecule has 0 bridgehead atoms. The van der Waals surface area contributed by atoms with E-state index in [9.17, 15) is 28.8 Å². The van der Waals surface area contributed by atoms with Crippen LogP contribution in [0.3, 0.4) is 0 Å². The zero-order valence-corrected chi connectivity index (χ0v) is 67.6. The number of nitrogens with two attached hydrogens (primary N) is 1. The molecule has 2 spiro atoms. The number of piperidine rings is 2. The van der Waals surface area contributed by atoms with Gasteiger partial charge in [-0.1, -0.05) is 196 Å². The maximum Gasteiger partial charge on any atom is 0 e. The summed E-state index contributed by atoms with van der Waals surface area (Å²) in [5.41, 5.74) is 15.6. The average molecular weight is 1490 g/mol. The maximum absolute atomic E-state index is 12.9. The molecule has 2 N–H and O–H groups in total. The van der Waals surface area contributed by atoms with Gasteiger partial charge in [-0.15, -0.1) is 0 Å². The number of likely N-dealkylation sites (tertiary alicyclic amines) is 2. The summed E-state index contributed by atoms with van der Waals surface area (Å²) in [5, 5.41) is 0. The number of carbonyl (C=O) groups is 6. The van der Waals surface area contributed by atoms with Crippen LogP contribution in [0, 0.1) is 13.1 Å². The van der Waals surface area contributed by atoms with Crippen molar-refractivity contribution in [1.82, 2.24) is 14.7 Å². The van der Waals surface area contributed by atoms with Crippen molar-refractivity contribution < 1.29 is 123 Å². The Morgan fingerprint density at radius 3 is 1.26 bits per heavy atom. The molecule has 16 nitrogen and oxygen atoms in total. The second-order valence-electron chi connectivity index (χ2n) is 20.2. The van der Waals surface area contributed by atoms with Gasteiger partial charge in [-0.05, 0) is 82.0 Å². The molecular formula is C74H96K2N4O12Y2-2. The zero-order valence-electron chi connectivity index (χ0n) is 55.7. The second-order valence-corrected chi connectivity index (χ2v) is 20.2. The van der Waals surface area contributed by atoms with E-state index in [1.165, 1.54) is 99.9 Å². The molecule has 0 aliphatic carbocycles. The molecule has 0 atom stereocenters. The Labute approximate surface area is 656 Å². The van der Waals surface area contributed by atoms with Gasteiger partial charge < -0.3 is 58.4 Å². The van der Waals surface area contributed by atoms with Gasteiger partial charge in [-0.25, -0.2) is 22.7 Å². The third-order valence-electron chi connectivity index (χ3n) is 14.9. The number of fused-ring (bicyclic) bond motifs is 1. The van der Waals surface area contributed by atoms with Crippen LogP contribution in [0.2, 0.25) is 0 Å². The first-order valence-corrected chi connectivity index (χ1v) is 47.4. The summed E-state index contributed by atoms with van der Waals surface area (Å²) >= 11 is 2.50. The standard InChI is InChI=1S/C24H25N2O4.C17H16O2.C16H14O3.C9H15N2O3.3C2H6.2CH4.2K.2Y/c27-22(25-10-8-24(9-11-25)29-12-13-30-24)17-26-16-20-7-6-19(15-21(20)23(26)28)14-18-4-2-1-3-5-18;1-3-15-10-9-14(12-16(15)17(18)19-2)11-13-7-5-4-6-8-13;1-19-16(18)15-10-13(7-8-14(15)11-17)9-12-5-3-2-4-6-12;10-7-8(12)11-3-1-9(2-4-11)13-5-6-14-9;3*1-2;;;;;;/h1-7,15,17H,8-14,16H2;3-10,12H,1,11H2,2H3;2-8,10-11H,9H2,1H3;7H,1-6,10H2;3*1-2H3;2*1H4;;;;/q-1;;;-1;;;;;;;;;. The Morgan fingerprint density at radius 2 is 0.894 bits per heavy atom. The van der Waals surface area contributed by atoms with Crippen molar-refractivity contribution in [1.29, 1.82) is 0 Å². The molecule has 94 heavy (non-hydrogen) atoms. The number of hydrogen-bond donors (Lipinski definition) is 1. The van der Waals surface area contributed by atoms with Crippen molar-refractivity contribution in [3.63, 3.8) is 0 Å². The van der Waals surface area contributed by atoms with E-state index in [1.807, 2.05) is 145 Å². The Hall–Kier alpha value is -2.90. The first-order chi connectivity index (χ1) is 43.9. The van der Waals surface area contributed by atoms with E-state index in [2.05, 4.69) is 41.6 Å². The topological polar surface area (TPSA) is 194 Å². The number of esters is 2. The molecule has 5 aliphatic heterocycles. The zero-order chi connectivity index (χ0) is 65.9. The average Bonchev–Trinajstić information content (AvgIpc) is 1.63. The summed E-state index contributed by atoms with van der Waals surface area (Å²) in [7, 11) is 2.69. The van der Waals surface area contributed by atoms with Crippen molar-refractivity contribution in [2.45, 2.75) is 119 Å². The Kier molecular flexibility index (Phi) is 48.9. The second kappa shape index (κ2) is 50.4. The minimum Gasteiger partial charge on any atom is 0 e. The molecule has 4 saturated heterocycles. The van der Waals surface area contributed by atoms with Gasteiger partial charge in [0, 0.05) is 135 Å². The minimum absolute atomic E-state index is 0. The van der Waals surface area contributed by atoms with E-state index < -0.39 is 17.5 Å². The van der Waals surface area contributed by atoms with Crippen molar-refractivity contribution in [3.05, 3.63) is 232 Å². The summed E-state index contributed by atoms with van der Waals surface area (Å²) < 4.78 is 32.0. The van der Waals surface area contributed by atoms with E-state index >= 15 is 0 Å². The van der Waals surface area contributed by atoms with Crippen LogP contribution < -0.4 is 5.73 Å². The fourth-order valence-corrected chi connectivity index (χ4v) is 10.4. The Morgan fingerprint density at radius 1 is 0.543 bits per heavy atom. The van der Waals surface area contributed by atoms with Crippen LogP contribution in [0.1, 0.15) is 168 Å². The summed E-state index contributed by atoms with van der Waals surface area (Å²) in [4.78, 5) is 76.2. The Balaban J connectivity index is 0.00000120. The third kappa shape index (κ3) is 28.4. The summed E-state index contributed by atoms with van der Waals surface area (Å²) in [6.45, 7) is 23.7. The largest absolute Gasteiger partial charge is 0 e. The number of amides is 3. The van der Waals surface area contributed by atoms with Gasteiger partial charge >= 0.3 is 75.1 Å². The van der Waals surface area contributed by atoms with E-state index in [-0.39, 0.29) is 104 Å². The first-order valence-electron chi connectivity index (χ1n) is 31.4. The summed E-state index contributed by atoms with van der Waals surface area (Å²) in [5.74, 6) is -2.09. The number of ether oxygens (including phenoxy) is 6. The van der Waals surface area contributed by atoms with Crippen molar-refractivity contribution in [2.24, 2.45) is 5.73 Å². The fraction of sp³-hybridized carbons (Fsp3) is 0.378. The SMILES string of the molecule is C.C.C=Cc1ccc(Cc2ccccc2)cc1C(=O)OC.CC.CC.CC.COC(=O)c1cc(Cc2ccccc2)ccc1C=O.N[CH-]C(=O)N1CCC2(CC1)OCCO2.O=C1c2cc(Cc3ccccc3)ccc2CN1[CH-]C(=O)N1CCC2(CC1)OCCO2.[K][K].[Y].[Y]. The molecule has 5 heterocycles. The molecule has 20 heteroatoms. The van der Waals surface area contributed by atoms with Gasteiger partial charge in [-0.3, -0.25) is 9.59 Å². The quantitative estimate of drug-likeness (QED) is 0.0497. The molecular weight excluding hydrogens is 1390 g/mol. The number of benzene rings is 6. The molecule has 0 aromatic heterocycles. The van der Waals surface area contributed by atoms with Crippen LogP contribution in [0.4, 0.5) is 0 Å². The first kappa shape index (κ1) is 91.1. The van der Waals surface area contributed by atoms with Gasteiger partial charge in [0.05, 0.1) is 57.7 Å². The molecule has 494 valence electrons. The van der Waals surface area contributed by atoms with Gasteiger partial charge in [0.2, 0.25) is 5.91 Å². The van der Waals surface area contributed by atoms with E-state index in [0.717, 1.165) is 65.6 Å². The smallest absolute Gasteiger partial charge is 0 e. The van der Waals surface area contributed by atoms with Gasteiger partial charge in [-0.2, -0.15) is 0 Å². The van der Waals surface area contributed by atoms with Crippen LogP contribution in [-0.2, 0) is 129 Å². The van der Waals surface area contributed by atoms with Crippen LogP contribution in [0.25, 0.3) is 6.08 Å². The summed E-state index contributed by atoms with van der Waals surface area (Å²) in [6, 6.07) is 47.3. The number of hydrogen-bond acceptors (Lipinski definition) is 13. The normalized spacial score (nSPS) is 14.4. The predicted molar refractivity (Wildman–Crippen MR) is 368 cm³/mol. The molecule has 11 rings (SSSR count). The van der Waals surface area contributed by atoms with E-state index in [0.29, 0.717) is 107 Å². The van der Waals surface area contributed by atoms with Crippen LogP contribution in [0.5, 0.6) is 0 Å².